The van der Waals surface area contributed by atoms with E-state index in [1.165, 1.54) is 18.6 Å². The molecule has 3 nitrogen and oxygen atoms in total. The second-order valence-corrected chi connectivity index (χ2v) is 1.91. The summed E-state index contributed by atoms with van der Waals surface area (Å²) in [4.78, 5) is 7.91. The molecule has 0 aromatic rings. The van der Waals surface area contributed by atoms with Gasteiger partial charge in [-0.05, 0) is 13.1 Å². The molecule has 0 heterocycles. The zero-order chi connectivity index (χ0) is 9.40. The third-order valence-corrected chi connectivity index (χ3v) is 1.09. The van der Waals surface area contributed by atoms with Crippen LogP contribution in [-0.4, -0.2) is 11.5 Å². The molecule has 0 saturated carbocycles. The summed E-state index contributed by atoms with van der Waals surface area (Å²) in [5.74, 6) is 0.625. The van der Waals surface area contributed by atoms with Crippen molar-refractivity contribution in [2.24, 2.45) is 9.98 Å². The predicted molar refractivity (Wildman–Crippen MR) is 54.3 cm³/mol. The first-order valence-corrected chi connectivity index (χ1v) is 3.48. The Hall–Kier alpha value is -1.64. The number of amidine groups is 1. The lowest BCUT2D eigenvalue weighted by molar-refractivity contribution is 1.28. The largest absolute Gasteiger partial charge is 0.346 e. The van der Waals surface area contributed by atoms with Gasteiger partial charge in [-0.15, -0.1) is 0 Å². The number of aliphatic imine (C=N–C) groups is 2. The Kier molecular flexibility index (Phi) is 5.26. The number of nitrogens with zero attached hydrogens (tertiary/aromatic N) is 2. The molecule has 0 bridgehead atoms. The first kappa shape index (κ1) is 10.4. The molecule has 0 unspecified atom stereocenters. The molecular formula is C9H13N3. The lowest BCUT2D eigenvalue weighted by atomic mass is 10.4. The summed E-state index contributed by atoms with van der Waals surface area (Å²) in [6, 6.07) is 0. The summed E-state index contributed by atoms with van der Waals surface area (Å²) < 4.78 is 0. The molecule has 0 aromatic heterocycles. The van der Waals surface area contributed by atoms with E-state index in [9.17, 15) is 0 Å². The highest BCUT2D eigenvalue weighted by molar-refractivity contribution is 6.41. The average Bonchev–Trinajstić information content (AvgIpc) is 2.04. The predicted octanol–water partition coefficient (Wildman–Crippen LogP) is 1.87. The maximum absolute atomic E-state index is 3.95. The highest BCUT2D eigenvalue weighted by Gasteiger charge is 1.97. The molecule has 0 aromatic carbocycles. The SMILES string of the molecule is C=CN=C(C)C(=NC=C)NC=C. The first-order valence-electron chi connectivity index (χ1n) is 3.48. The summed E-state index contributed by atoms with van der Waals surface area (Å²) in [5.41, 5.74) is 0.741. The fourth-order valence-electron chi connectivity index (χ4n) is 0.621. The minimum Gasteiger partial charge on any atom is -0.346 e. The Bertz CT molecular complexity index is 236. The van der Waals surface area contributed by atoms with E-state index in [-0.39, 0.29) is 0 Å². The highest BCUT2D eigenvalue weighted by atomic mass is 15.0. The van der Waals surface area contributed by atoms with Crippen LogP contribution in [0.1, 0.15) is 6.92 Å². The molecule has 0 aliphatic heterocycles. The van der Waals surface area contributed by atoms with E-state index in [2.05, 4.69) is 35.0 Å². The van der Waals surface area contributed by atoms with Crippen molar-refractivity contribution in [3.63, 3.8) is 0 Å². The molecule has 0 saturated heterocycles. The van der Waals surface area contributed by atoms with Crippen LogP contribution in [0.5, 0.6) is 0 Å². The fraction of sp³-hybridized carbons (Fsp3) is 0.111. The van der Waals surface area contributed by atoms with E-state index in [4.69, 9.17) is 0 Å². The molecule has 0 atom stereocenters. The van der Waals surface area contributed by atoms with Crippen molar-refractivity contribution in [1.82, 2.24) is 5.32 Å². The third kappa shape index (κ3) is 3.51. The van der Waals surface area contributed by atoms with Gasteiger partial charge in [-0.25, -0.2) is 4.99 Å². The summed E-state index contributed by atoms with van der Waals surface area (Å²) in [5, 5.41) is 2.83. The topological polar surface area (TPSA) is 36.8 Å². The zero-order valence-electron chi connectivity index (χ0n) is 7.25. The van der Waals surface area contributed by atoms with E-state index < -0.39 is 0 Å². The molecule has 0 rings (SSSR count). The molecule has 0 aliphatic rings. The summed E-state index contributed by atoms with van der Waals surface area (Å²) in [6.45, 7) is 12.3. The molecule has 0 aliphatic carbocycles. The Morgan fingerprint density at radius 1 is 1.17 bits per heavy atom. The maximum atomic E-state index is 3.95. The van der Waals surface area contributed by atoms with Crippen molar-refractivity contribution in [3.8, 4) is 0 Å². The maximum Gasteiger partial charge on any atom is 0.151 e. The number of nitrogens with one attached hydrogen (secondary N) is 1. The van der Waals surface area contributed by atoms with E-state index in [0.717, 1.165) is 5.71 Å². The van der Waals surface area contributed by atoms with Crippen molar-refractivity contribution in [2.45, 2.75) is 6.92 Å². The lowest BCUT2D eigenvalue weighted by Crippen LogP contribution is -2.24. The number of hydrogen-bond acceptors (Lipinski definition) is 2. The van der Waals surface area contributed by atoms with Gasteiger partial charge in [0.05, 0.1) is 5.71 Å². The second kappa shape index (κ2) is 6.09. The van der Waals surface area contributed by atoms with Crippen LogP contribution in [0.25, 0.3) is 0 Å². The smallest absolute Gasteiger partial charge is 0.151 e. The van der Waals surface area contributed by atoms with Crippen LogP contribution in [0.15, 0.2) is 48.3 Å². The molecule has 0 amide bonds. The van der Waals surface area contributed by atoms with Gasteiger partial charge < -0.3 is 5.32 Å². The average molecular weight is 163 g/mol. The van der Waals surface area contributed by atoms with E-state index in [1.54, 1.807) is 0 Å². The molecule has 12 heavy (non-hydrogen) atoms. The zero-order valence-corrected chi connectivity index (χ0v) is 7.25. The van der Waals surface area contributed by atoms with E-state index >= 15 is 0 Å². The van der Waals surface area contributed by atoms with Crippen molar-refractivity contribution in [1.29, 1.82) is 0 Å². The van der Waals surface area contributed by atoms with Gasteiger partial charge in [-0.1, -0.05) is 19.7 Å². The van der Waals surface area contributed by atoms with Crippen molar-refractivity contribution < 1.29 is 0 Å². The minimum atomic E-state index is 0.625. The molecule has 0 spiro atoms. The monoisotopic (exact) mass is 163 g/mol. The van der Waals surface area contributed by atoms with Crippen LogP contribution in [0.4, 0.5) is 0 Å². The molecule has 3 heteroatoms. The Morgan fingerprint density at radius 2 is 1.75 bits per heavy atom. The number of hydrogen-bond donors (Lipinski definition) is 1. The standard InChI is InChI=1S/C9H13N3/c1-5-10-8(4)9(11-6-2)12-7-3/h5-7H,1-3H2,4H3,(H,11,12). The molecule has 1 N–H and O–H groups in total. The van der Waals surface area contributed by atoms with Gasteiger partial charge in [0.1, 0.15) is 0 Å². The van der Waals surface area contributed by atoms with Gasteiger partial charge in [-0.2, -0.15) is 0 Å². The van der Waals surface area contributed by atoms with Gasteiger partial charge in [-0.3, -0.25) is 4.99 Å². The summed E-state index contributed by atoms with van der Waals surface area (Å²) >= 11 is 0. The first-order chi connectivity index (χ1) is 5.76. The van der Waals surface area contributed by atoms with E-state index in [1.807, 2.05) is 6.92 Å². The summed E-state index contributed by atoms with van der Waals surface area (Å²) in [6.07, 6.45) is 4.43. The van der Waals surface area contributed by atoms with Gasteiger partial charge >= 0.3 is 0 Å². The number of rotatable bonds is 4. The van der Waals surface area contributed by atoms with Crippen LogP contribution in [0.2, 0.25) is 0 Å². The highest BCUT2D eigenvalue weighted by Crippen LogP contribution is 1.84. The van der Waals surface area contributed by atoms with Crippen LogP contribution in [0.3, 0.4) is 0 Å². The van der Waals surface area contributed by atoms with Crippen LogP contribution in [-0.2, 0) is 0 Å². The molecular weight excluding hydrogens is 150 g/mol. The normalized spacial score (nSPS) is 12.1. The van der Waals surface area contributed by atoms with Crippen LogP contribution >= 0.6 is 0 Å². The van der Waals surface area contributed by atoms with Crippen LogP contribution < -0.4 is 5.32 Å². The quantitative estimate of drug-likeness (QED) is 0.498. The van der Waals surface area contributed by atoms with Crippen LogP contribution in [0, 0.1) is 0 Å². The van der Waals surface area contributed by atoms with Gasteiger partial charge in [0.25, 0.3) is 0 Å². The van der Waals surface area contributed by atoms with E-state index in [0.29, 0.717) is 5.84 Å². The molecule has 0 radical (unpaired) electrons. The summed E-state index contributed by atoms with van der Waals surface area (Å²) in [7, 11) is 0. The molecule has 64 valence electrons. The van der Waals surface area contributed by atoms with Gasteiger partial charge in [0.2, 0.25) is 0 Å². The Morgan fingerprint density at radius 3 is 2.17 bits per heavy atom. The Labute approximate surface area is 72.9 Å². The second-order valence-electron chi connectivity index (χ2n) is 1.91. The van der Waals surface area contributed by atoms with Crippen molar-refractivity contribution in [3.05, 3.63) is 38.3 Å². The van der Waals surface area contributed by atoms with Gasteiger partial charge in [0.15, 0.2) is 5.84 Å². The third-order valence-electron chi connectivity index (χ3n) is 1.09. The molecule has 0 fully saturated rings. The fourth-order valence-corrected chi connectivity index (χ4v) is 0.621. The van der Waals surface area contributed by atoms with Crippen molar-refractivity contribution >= 4 is 11.5 Å². The van der Waals surface area contributed by atoms with Gasteiger partial charge in [0, 0.05) is 12.4 Å². The van der Waals surface area contributed by atoms with Crippen molar-refractivity contribution in [2.75, 3.05) is 0 Å². The lowest BCUT2D eigenvalue weighted by Gasteiger charge is -2.02. The minimum absolute atomic E-state index is 0.625. The Balaban J connectivity index is 4.60.